The Morgan fingerprint density at radius 2 is 1.88 bits per heavy atom. The summed E-state index contributed by atoms with van der Waals surface area (Å²) >= 11 is 0. The van der Waals surface area contributed by atoms with E-state index in [1.807, 2.05) is 0 Å². The van der Waals surface area contributed by atoms with Crippen molar-refractivity contribution in [3.63, 3.8) is 0 Å². The van der Waals surface area contributed by atoms with Gasteiger partial charge in [-0.2, -0.15) is 0 Å². The van der Waals surface area contributed by atoms with E-state index >= 15 is 0 Å². The normalized spacial score (nSPS) is 19.9. The predicted octanol–water partition coefficient (Wildman–Crippen LogP) is 3.36. The van der Waals surface area contributed by atoms with Crippen LogP contribution >= 0.6 is 0 Å². The average Bonchev–Trinajstić information content (AvgIpc) is 2.34. The van der Waals surface area contributed by atoms with Gasteiger partial charge in [0.1, 0.15) is 0 Å². The minimum Gasteiger partial charge on any atom is -0.378 e. The van der Waals surface area contributed by atoms with Gasteiger partial charge in [-0.3, -0.25) is 0 Å². The van der Waals surface area contributed by atoms with Gasteiger partial charge in [0.25, 0.3) is 0 Å². The first-order valence-electron chi connectivity index (χ1n) is 7.19. The second-order valence-electron chi connectivity index (χ2n) is 5.08. The number of hydrogen-bond acceptors (Lipinski definition) is 2. The van der Waals surface area contributed by atoms with Crippen molar-refractivity contribution in [1.82, 2.24) is 5.32 Å². The molecule has 2 nitrogen and oxygen atoms in total. The predicted molar refractivity (Wildman–Crippen MR) is 69.8 cm³/mol. The number of unbranched alkanes of at least 4 members (excludes halogenated alkanes) is 1. The van der Waals surface area contributed by atoms with Gasteiger partial charge in [0.15, 0.2) is 0 Å². The molecular formula is C14H29NO. The molecule has 0 aromatic carbocycles. The van der Waals surface area contributed by atoms with E-state index < -0.39 is 0 Å². The molecule has 0 bridgehead atoms. The van der Waals surface area contributed by atoms with E-state index in [4.69, 9.17) is 4.74 Å². The van der Waals surface area contributed by atoms with Crippen molar-refractivity contribution in [2.45, 2.75) is 64.9 Å². The van der Waals surface area contributed by atoms with Crippen molar-refractivity contribution in [2.24, 2.45) is 5.92 Å². The summed E-state index contributed by atoms with van der Waals surface area (Å²) in [6, 6.07) is 0. The number of rotatable bonds is 8. The van der Waals surface area contributed by atoms with Gasteiger partial charge in [-0.05, 0) is 44.7 Å². The van der Waals surface area contributed by atoms with Gasteiger partial charge >= 0.3 is 0 Å². The third-order valence-corrected chi connectivity index (χ3v) is 3.52. The number of nitrogens with one attached hydrogen (secondary N) is 1. The fourth-order valence-electron chi connectivity index (χ4n) is 2.39. The molecule has 1 rings (SSSR count). The van der Waals surface area contributed by atoms with Gasteiger partial charge in [0.2, 0.25) is 0 Å². The molecule has 96 valence electrons. The van der Waals surface area contributed by atoms with Crippen molar-refractivity contribution in [1.29, 1.82) is 0 Å². The summed E-state index contributed by atoms with van der Waals surface area (Å²) in [6.45, 7) is 7.88. The van der Waals surface area contributed by atoms with Crippen LogP contribution in [0, 0.1) is 5.92 Å². The highest BCUT2D eigenvalue weighted by Gasteiger charge is 2.15. The Morgan fingerprint density at radius 1 is 1.12 bits per heavy atom. The Hall–Kier alpha value is -0.0800. The Labute approximate surface area is 101 Å². The highest BCUT2D eigenvalue weighted by atomic mass is 16.5. The Bertz CT molecular complexity index is 155. The minimum absolute atomic E-state index is 0.528. The lowest BCUT2D eigenvalue weighted by Gasteiger charge is -2.25. The van der Waals surface area contributed by atoms with E-state index in [0.717, 1.165) is 12.5 Å². The van der Waals surface area contributed by atoms with Crippen LogP contribution in [-0.4, -0.2) is 25.8 Å². The maximum absolute atomic E-state index is 6.10. The molecule has 1 N–H and O–H groups in total. The lowest BCUT2D eigenvalue weighted by atomic mass is 9.99. The van der Waals surface area contributed by atoms with Crippen LogP contribution < -0.4 is 5.32 Å². The lowest BCUT2D eigenvalue weighted by Crippen LogP contribution is -2.31. The molecule has 1 atom stereocenters. The summed E-state index contributed by atoms with van der Waals surface area (Å²) in [5, 5.41) is 3.41. The second kappa shape index (κ2) is 9.00. The van der Waals surface area contributed by atoms with Crippen LogP contribution in [0.3, 0.4) is 0 Å². The molecule has 2 heteroatoms. The zero-order chi connectivity index (χ0) is 11.6. The van der Waals surface area contributed by atoms with E-state index in [1.165, 1.54) is 58.0 Å². The van der Waals surface area contributed by atoms with Gasteiger partial charge in [0.05, 0.1) is 6.10 Å². The minimum atomic E-state index is 0.528. The number of hydrogen-bond donors (Lipinski definition) is 1. The van der Waals surface area contributed by atoms with Crippen molar-refractivity contribution in [2.75, 3.05) is 19.7 Å². The molecule has 0 aliphatic carbocycles. The summed E-state index contributed by atoms with van der Waals surface area (Å²) in [7, 11) is 0. The van der Waals surface area contributed by atoms with E-state index in [1.54, 1.807) is 0 Å². The second-order valence-corrected chi connectivity index (χ2v) is 5.08. The van der Waals surface area contributed by atoms with E-state index in [9.17, 15) is 0 Å². The maximum atomic E-state index is 6.10. The quantitative estimate of drug-likeness (QED) is 0.686. The highest BCUT2D eigenvalue weighted by molar-refractivity contribution is 4.69. The zero-order valence-corrected chi connectivity index (χ0v) is 11.1. The monoisotopic (exact) mass is 227 g/mol. The molecule has 1 aliphatic rings. The molecule has 1 unspecified atom stereocenters. The lowest BCUT2D eigenvalue weighted by molar-refractivity contribution is 0.0115. The molecule has 1 fully saturated rings. The molecule has 1 heterocycles. The van der Waals surface area contributed by atoms with Crippen molar-refractivity contribution >= 4 is 0 Å². The third-order valence-electron chi connectivity index (χ3n) is 3.52. The fourth-order valence-corrected chi connectivity index (χ4v) is 2.39. The molecule has 0 saturated carbocycles. The van der Waals surface area contributed by atoms with Gasteiger partial charge in [-0.1, -0.05) is 33.1 Å². The molecule has 16 heavy (non-hydrogen) atoms. The largest absolute Gasteiger partial charge is 0.378 e. The Kier molecular flexibility index (Phi) is 7.87. The first-order valence-corrected chi connectivity index (χ1v) is 7.19. The smallest absolute Gasteiger partial charge is 0.0575 e. The van der Waals surface area contributed by atoms with Crippen LogP contribution in [0.2, 0.25) is 0 Å². The number of ether oxygens (including phenoxy) is 1. The van der Waals surface area contributed by atoms with E-state index in [2.05, 4.69) is 19.2 Å². The van der Waals surface area contributed by atoms with Gasteiger partial charge in [-0.15, -0.1) is 0 Å². The zero-order valence-electron chi connectivity index (χ0n) is 11.1. The summed E-state index contributed by atoms with van der Waals surface area (Å²) in [5.41, 5.74) is 0. The highest BCUT2D eigenvalue weighted by Crippen LogP contribution is 2.16. The Balaban J connectivity index is 2.14. The van der Waals surface area contributed by atoms with Crippen LogP contribution in [0.15, 0.2) is 0 Å². The molecule has 0 amide bonds. The third kappa shape index (κ3) is 5.86. The van der Waals surface area contributed by atoms with Crippen molar-refractivity contribution in [3.05, 3.63) is 0 Å². The SMILES string of the molecule is CCCCC(CCC)OCC1CCNCC1. The standard InChI is InChI=1S/C14H29NO/c1-3-5-7-14(6-4-2)16-12-13-8-10-15-11-9-13/h13-15H,3-12H2,1-2H3. The molecule has 0 spiro atoms. The fraction of sp³-hybridized carbons (Fsp3) is 1.00. The van der Waals surface area contributed by atoms with Gasteiger partial charge < -0.3 is 10.1 Å². The summed E-state index contributed by atoms with van der Waals surface area (Å²) < 4.78 is 6.10. The summed E-state index contributed by atoms with van der Waals surface area (Å²) in [6.07, 6.45) is 9.48. The van der Waals surface area contributed by atoms with Crippen LogP contribution in [0.5, 0.6) is 0 Å². The molecule has 0 radical (unpaired) electrons. The van der Waals surface area contributed by atoms with Gasteiger partial charge in [-0.25, -0.2) is 0 Å². The van der Waals surface area contributed by atoms with Crippen LogP contribution in [-0.2, 0) is 4.74 Å². The van der Waals surface area contributed by atoms with Gasteiger partial charge in [0, 0.05) is 6.61 Å². The summed E-state index contributed by atoms with van der Waals surface area (Å²) in [4.78, 5) is 0. The van der Waals surface area contributed by atoms with Crippen LogP contribution in [0.4, 0.5) is 0 Å². The first kappa shape index (κ1) is 14.0. The topological polar surface area (TPSA) is 21.3 Å². The molecule has 0 aromatic heterocycles. The first-order chi connectivity index (χ1) is 7.86. The molecular weight excluding hydrogens is 198 g/mol. The van der Waals surface area contributed by atoms with Crippen LogP contribution in [0.25, 0.3) is 0 Å². The average molecular weight is 227 g/mol. The van der Waals surface area contributed by atoms with Crippen molar-refractivity contribution < 1.29 is 4.74 Å². The summed E-state index contributed by atoms with van der Waals surface area (Å²) in [5.74, 6) is 0.808. The van der Waals surface area contributed by atoms with E-state index in [-0.39, 0.29) is 0 Å². The maximum Gasteiger partial charge on any atom is 0.0575 e. The van der Waals surface area contributed by atoms with Crippen molar-refractivity contribution in [3.8, 4) is 0 Å². The molecule has 1 saturated heterocycles. The van der Waals surface area contributed by atoms with E-state index in [0.29, 0.717) is 6.10 Å². The number of piperidine rings is 1. The van der Waals surface area contributed by atoms with Crippen LogP contribution in [0.1, 0.15) is 58.8 Å². The molecule has 1 aliphatic heterocycles. The molecule has 0 aromatic rings. The Morgan fingerprint density at radius 3 is 2.50 bits per heavy atom.